The molecule has 0 spiro atoms. The van der Waals surface area contributed by atoms with E-state index in [-0.39, 0.29) is 5.91 Å². The van der Waals surface area contributed by atoms with Crippen molar-refractivity contribution < 1.29 is 4.79 Å². The Morgan fingerprint density at radius 3 is 2.60 bits per heavy atom. The maximum absolute atomic E-state index is 12.5. The molecule has 4 aromatic rings. The van der Waals surface area contributed by atoms with Gasteiger partial charge in [0.2, 0.25) is 5.91 Å². The second kappa shape index (κ2) is 8.41. The van der Waals surface area contributed by atoms with Crippen molar-refractivity contribution in [2.24, 2.45) is 0 Å². The first kappa shape index (κ1) is 20.9. The van der Waals surface area contributed by atoms with Gasteiger partial charge in [0, 0.05) is 23.1 Å². The molecule has 154 valence electrons. The third-order valence-electron chi connectivity index (χ3n) is 4.68. The lowest BCUT2D eigenvalue weighted by Crippen LogP contribution is -2.24. The van der Waals surface area contributed by atoms with Gasteiger partial charge in [0.15, 0.2) is 10.3 Å². The molecular formula is C22H21ClN4OS2. The number of benzene rings is 2. The minimum Gasteiger partial charge on any atom is -0.333 e. The van der Waals surface area contributed by atoms with Crippen molar-refractivity contribution in [3.05, 3.63) is 63.1 Å². The molecule has 0 saturated carbocycles. The van der Waals surface area contributed by atoms with Crippen molar-refractivity contribution in [2.75, 3.05) is 4.90 Å². The number of carbonyl (C=O) groups excluding carboxylic acids is 1. The fraction of sp³-hybridized carbons (Fsp3) is 0.227. The van der Waals surface area contributed by atoms with Crippen LogP contribution in [-0.2, 0) is 10.5 Å². The summed E-state index contributed by atoms with van der Waals surface area (Å²) in [5, 5.41) is 4.18. The van der Waals surface area contributed by atoms with Crippen LogP contribution in [0.5, 0.6) is 0 Å². The minimum atomic E-state index is -0.0484. The monoisotopic (exact) mass is 456 g/mol. The molecule has 0 aliphatic rings. The minimum absolute atomic E-state index is 0.0484. The number of fused-ring (bicyclic) bond motifs is 1. The summed E-state index contributed by atoms with van der Waals surface area (Å²) in [7, 11) is 0. The van der Waals surface area contributed by atoms with Gasteiger partial charge in [0.1, 0.15) is 0 Å². The molecule has 0 radical (unpaired) electrons. The number of halogens is 1. The van der Waals surface area contributed by atoms with Crippen LogP contribution in [0.2, 0.25) is 5.02 Å². The Morgan fingerprint density at radius 1 is 1.17 bits per heavy atom. The number of hydrogen-bond acceptors (Lipinski definition) is 5. The first-order valence-corrected chi connectivity index (χ1v) is 11.7. The van der Waals surface area contributed by atoms with Crippen LogP contribution in [0.15, 0.2) is 40.9 Å². The number of aromatic nitrogens is 3. The van der Waals surface area contributed by atoms with E-state index in [9.17, 15) is 4.79 Å². The molecule has 2 heterocycles. The Hall–Kier alpha value is -2.35. The van der Waals surface area contributed by atoms with Gasteiger partial charge in [-0.1, -0.05) is 41.1 Å². The van der Waals surface area contributed by atoms with Crippen molar-refractivity contribution >= 4 is 62.5 Å². The summed E-state index contributed by atoms with van der Waals surface area (Å²) in [6.45, 7) is 7.70. The van der Waals surface area contributed by atoms with E-state index in [1.807, 2.05) is 37.4 Å². The average molecular weight is 457 g/mol. The molecule has 1 amide bonds. The van der Waals surface area contributed by atoms with Crippen molar-refractivity contribution in [1.29, 1.82) is 0 Å². The number of nitrogens with one attached hydrogen (secondary N) is 1. The summed E-state index contributed by atoms with van der Waals surface area (Å²) >= 11 is 9.10. The number of aryl methyl sites for hydroxylation is 3. The van der Waals surface area contributed by atoms with Crippen LogP contribution in [0, 0.1) is 20.8 Å². The predicted octanol–water partition coefficient (Wildman–Crippen LogP) is 6.57. The van der Waals surface area contributed by atoms with Gasteiger partial charge in [0.25, 0.3) is 0 Å². The van der Waals surface area contributed by atoms with E-state index < -0.39 is 0 Å². The van der Waals surface area contributed by atoms with E-state index in [1.165, 1.54) is 16.9 Å². The molecule has 0 saturated heterocycles. The Balaban J connectivity index is 1.56. The fourth-order valence-electron chi connectivity index (χ4n) is 3.55. The topological polar surface area (TPSA) is 61.9 Å². The molecule has 2 aromatic carbocycles. The quantitative estimate of drug-likeness (QED) is 0.345. The van der Waals surface area contributed by atoms with Crippen LogP contribution in [0.25, 0.3) is 11.0 Å². The van der Waals surface area contributed by atoms with E-state index in [2.05, 4.69) is 29.0 Å². The molecule has 8 heteroatoms. The zero-order valence-corrected chi connectivity index (χ0v) is 19.5. The zero-order valence-electron chi connectivity index (χ0n) is 17.1. The molecule has 0 bridgehead atoms. The second-order valence-electron chi connectivity index (χ2n) is 7.22. The van der Waals surface area contributed by atoms with Crippen molar-refractivity contribution in [1.82, 2.24) is 15.0 Å². The van der Waals surface area contributed by atoms with Gasteiger partial charge in [-0.2, -0.15) is 0 Å². The van der Waals surface area contributed by atoms with Gasteiger partial charge in [-0.25, -0.2) is 9.97 Å². The number of aromatic amines is 1. The van der Waals surface area contributed by atoms with Crippen molar-refractivity contribution in [3.8, 4) is 0 Å². The highest BCUT2D eigenvalue weighted by Crippen LogP contribution is 2.35. The summed E-state index contributed by atoms with van der Waals surface area (Å²) in [4.78, 5) is 26.8. The van der Waals surface area contributed by atoms with Crippen LogP contribution in [-0.4, -0.2) is 20.9 Å². The molecule has 0 aliphatic heterocycles. The number of rotatable bonds is 5. The number of H-pyrrole nitrogens is 1. The summed E-state index contributed by atoms with van der Waals surface area (Å²) in [5.74, 6) is 0.606. The lowest BCUT2D eigenvalue weighted by Gasteiger charge is -2.23. The van der Waals surface area contributed by atoms with Gasteiger partial charge in [-0.05, 0) is 50.1 Å². The lowest BCUT2D eigenvalue weighted by atomic mass is 10.0. The average Bonchev–Trinajstić information content (AvgIpc) is 3.28. The number of nitrogens with zero attached hydrogens (tertiary/aromatic N) is 3. The molecule has 30 heavy (non-hydrogen) atoms. The van der Waals surface area contributed by atoms with Gasteiger partial charge < -0.3 is 4.98 Å². The van der Waals surface area contributed by atoms with Gasteiger partial charge in [-0.15, -0.1) is 11.3 Å². The number of thioether (sulfide) groups is 1. The molecule has 5 nitrogen and oxygen atoms in total. The van der Waals surface area contributed by atoms with Gasteiger partial charge in [0.05, 0.1) is 22.4 Å². The van der Waals surface area contributed by atoms with Crippen LogP contribution >= 0.6 is 34.7 Å². The van der Waals surface area contributed by atoms with E-state index in [0.29, 0.717) is 15.9 Å². The van der Waals surface area contributed by atoms with Gasteiger partial charge in [-0.3, -0.25) is 9.69 Å². The van der Waals surface area contributed by atoms with Crippen molar-refractivity contribution in [2.45, 2.75) is 38.6 Å². The van der Waals surface area contributed by atoms with E-state index >= 15 is 0 Å². The van der Waals surface area contributed by atoms with E-state index in [4.69, 9.17) is 16.6 Å². The smallest absolute Gasteiger partial charge is 0.230 e. The number of amides is 1. The molecule has 0 aliphatic carbocycles. The number of carbonyl (C=O) groups is 1. The fourth-order valence-corrected chi connectivity index (χ4v) is 5.48. The number of hydrogen-bond donors (Lipinski definition) is 1. The van der Waals surface area contributed by atoms with Crippen LogP contribution < -0.4 is 4.90 Å². The molecule has 0 fully saturated rings. The summed E-state index contributed by atoms with van der Waals surface area (Å²) in [6.07, 6.45) is 0. The Labute approximate surface area is 188 Å². The molecule has 2 aromatic heterocycles. The van der Waals surface area contributed by atoms with Crippen molar-refractivity contribution in [3.63, 3.8) is 0 Å². The Morgan fingerprint density at radius 2 is 1.90 bits per heavy atom. The SMILES string of the molecule is CC(=O)N(c1nc(CSc2nc3ccc(Cl)cc3[nH]2)cs1)c1c(C)cc(C)cc1C. The molecule has 4 rings (SSSR count). The number of anilines is 2. The first-order chi connectivity index (χ1) is 14.3. The normalized spacial score (nSPS) is 11.2. The van der Waals surface area contributed by atoms with Gasteiger partial charge >= 0.3 is 0 Å². The standard InChI is InChI=1S/C22H21ClN4OS2/c1-12-7-13(2)20(14(3)8-12)27(15(4)28)22-24-17(11-30-22)10-29-21-25-18-6-5-16(23)9-19(18)26-21/h5-9,11H,10H2,1-4H3,(H,25,26). The summed E-state index contributed by atoms with van der Waals surface area (Å²) in [6, 6.07) is 9.78. The third-order valence-corrected chi connectivity index (χ3v) is 6.70. The Bertz CT molecular complexity index is 1220. The lowest BCUT2D eigenvalue weighted by molar-refractivity contribution is -0.115. The number of thiazole rings is 1. The summed E-state index contributed by atoms with van der Waals surface area (Å²) < 4.78 is 0. The number of imidazole rings is 1. The molecule has 0 atom stereocenters. The van der Waals surface area contributed by atoms with Crippen LogP contribution in [0.4, 0.5) is 10.8 Å². The predicted molar refractivity (Wildman–Crippen MR) is 126 cm³/mol. The maximum Gasteiger partial charge on any atom is 0.230 e. The summed E-state index contributed by atoms with van der Waals surface area (Å²) in [5.41, 5.74) is 6.93. The van der Waals surface area contributed by atoms with E-state index in [1.54, 1.807) is 23.6 Å². The maximum atomic E-state index is 12.5. The molecule has 1 N–H and O–H groups in total. The van der Waals surface area contributed by atoms with Crippen LogP contribution in [0.1, 0.15) is 29.3 Å². The largest absolute Gasteiger partial charge is 0.333 e. The Kier molecular flexibility index (Phi) is 5.86. The highest BCUT2D eigenvalue weighted by molar-refractivity contribution is 7.98. The highest BCUT2D eigenvalue weighted by atomic mass is 35.5. The molecule has 0 unspecified atom stereocenters. The first-order valence-electron chi connectivity index (χ1n) is 9.43. The third kappa shape index (κ3) is 4.24. The molecular weight excluding hydrogens is 436 g/mol. The highest BCUT2D eigenvalue weighted by Gasteiger charge is 2.22. The van der Waals surface area contributed by atoms with Crippen LogP contribution in [0.3, 0.4) is 0 Å². The van der Waals surface area contributed by atoms with E-state index in [0.717, 1.165) is 38.7 Å². The second-order valence-corrected chi connectivity index (χ2v) is 9.45. The zero-order chi connectivity index (χ0) is 21.4.